The first kappa shape index (κ1) is 21.0. The monoisotopic (exact) mass is 380 g/mol. The van der Waals surface area contributed by atoms with Crippen LogP contribution >= 0.6 is 0 Å². The third-order valence-electron chi connectivity index (χ3n) is 4.59. The standard InChI is InChI=1S/C19H28N2O6/c1-18(2,3)21(17(23)24)10-19(11-27-12-19)20-9-15(22)14-8-13(25-4)6-7-16(14)26-5/h6-8,20H,9-12H2,1-5H3,(H,23,24). The number of hydrogen-bond donors (Lipinski definition) is 2. The van der Waals surface area contributed by atoms with Crippen molar-refractivity contribution in [3.63, 3.8) is 0 Å². The molecule has 2 rings (SSSR count). The molecule has 0 aliphatic carbocycles. The van der Waals surface area contributed by atoms with E-state index in [0.717, 1.165) is 0 Å². The van der Waals surface area contributed by atoms with E-state index in [-0.39, 0.29) is 18.9 Å². The quantitative estimate of drug-likeness (QED) is 0.666. The molecule has 1 aromatic carbocycles. The Hall–Kier alpha value is -2.32. The maximum absolute atomic E-state index is 12.7. The third-order valence-corrected chi connectivity index (χ3v) is 4.59. The summed E-state index contributed by atoms with van der Waals surface area (Å²) >= 11 is 0. The SMILES string of the molecule is COc1ccc(OC)c(C(=O)CNC2(CN(C(=O)O)C(C)(C)C)COC2)c1. The minimum absolute atomic E-state index is 0.0322. The van der Waals surface area contributed by atoms with Gasteiger partial charge in [0.2, 0.25) is 0 Å². The fourth-order valence-electron chi connectivity index (χ4n) is 2.89. The summed E-state index contributed by atoms with van der Waals surface area (Å²) in [7, 11) is 3.03. The largest absolute Gasteiger partial charge is 0.497 e. The zero-order valence-electron chi connectivity index (χ0n) is 16.5. The summed E-state index contributed by atoms with van der Waals surface area (Å²) in [6, 6.07) is 5.03. The highest BCUT2D eigenvalue weighted by Crippen LogP contribution is 2.26. The maximum Gasteiger partial charge on any atom is 0.407 e. The molecule has 0 spiro atoms. The molecular formula is C19H28N2O6. The van der Waals surface area contributed by atoms with Crippen molar-refractivity contribution >= 4 is 11.9 Å². The van der Waals surface area contributed by atoms with Crippen molar-refractivity contribution in [3.8, 4) is 11.5 Å². The molecule has 27 heavy (non-hydrogen) atoms. The lowest BCUT2D eigenvalue weighted by Gasteiger charge is -2.47. The molecule has 0 radical (unpaired) electrons. The zero-order valence-corrected chi connectivity index (χ0v) is 16.5. The molecule has 1 fully saturated rings. The van der Waals surface area contributed by atoms with Crippen LogP contribution in [-0.2, 0) is 4.74 Å². The molecule has 1 amide bonds. The van der Waals surface area contributed by atoms with Gasteiger partial charge in [0.25, 0.3) is 0 Å². The van der Waals surface area contributed by atoms with Crippen molar-refractivity contribution in [2.75, 3.05) is 40.5 Å². The van der Waals surface area contributed by atoms with Crippen molar-refractivity contribution in [1.82, 2.24) is 10.2 Å². The Bertz CT molecular complexity index is 694. The van der Waals surface area contributed by atoms with Gasteiger partial charge in [0.15, 0.2) is 5.78 Å². The van der Waals surface area contributed by atoms with Crippen molar-refractivity contribution in [3.05, 3.63) is 23.8 Å². The minimum atomic E-state index is -1.00. The maximum atomic E-state index is 12.7. The van der Waals surface area contributed by atoms with Gasteiger partial charge in [-0.2, -0.15) is 0 Å². The highest BCUT2D eigenvalue weighted by atomic mass is 16.5. The van der Waals surface area contributed by atoms with E-state index in [1.807, 2.05) is 20.8 Å². The molecule has 150 valence electrons. The second-order valence-corrected chi connectivity index (χ2v) is 7.66. The Morgan fingerprint density at radius 2 is 1.93 bits per heavy atom. The molecule has 2 N–H and O–H groups in total. The van der Waals surface area contributed by atoms with Crippen molar-refractivity contribution in [2.24, 2.45) is 0 Å². The number of amides is 1. The van der Waals surface area contributed by atoms with Gasteiger partial charge in [-0.25, -0.2) is 4.79 Å². The molecule has 1 aliphatic rings. The van der Waals surface area contributed by atoms with E-state index in [4.69, 9.17) is 14.2 Å². The second-order valence-electron chi connectivity index (χ2n) is 7.66. The van der Waals surface area contributed by atoms with E-state index < -0.39 is 17.2 Å². The number of carboxylic acid groups (broad SMARTS) is 1. The Kier molecular flexibility index (Phi) is 6.33. The summed E-state index contributed by atoms with van der Waals surface area (Å²) in [5.41, 5.74) is -0.741. The number of hydrogen-bond acceptors (Lipinski definition) is 6. The lowest BCUT2D eigenvalue weighted by molar-refractivity contribution is -0.0909. The molecule has 1 heterocycles. The van der Waals surface area contributed by atoms with Crippen LogP contribution in [0.1, 0.15) is 31.1 Å². The molecule has 1 aliphatic heterocycles. The van der Waals surface area contributed by atoms with Crippen LogP contribution in [0, 0.1) is 0 Å². The van der Waals surface area contributed by atoms with E-state index in [0.29, 0.717) is 30.3 Å². The van der Waals surface area contributed by atoms with E-state index in [9.17, 15) is 14.7 Å². The van der Waals surface area contributed by atoms with Crippen LogP contribution in [-0.4, -0.2) is 73.5 Å². The number of nitrogens with zero attached hydrogens (tertiary/aromatic N) is 1. The number of rotatable bonds is 8. The topological polar surface area (TPSA) is 97.3 Å². The van der Waals surface area contributed by atoms with Crippen LogP contribution in [0.3, 0.4) is 0 Å². The number of nitrogens with one attached hydrogen (secondary N) is 1. The van der Waals surface area contributed by atoms with Gasteiger partial charge in [-0.3, -0.25) is 10.1 Å². The fourth-order valence-corrected chi connectivity index (χ4v) is 2.89. The molecule has 1 saturated heterocycles. The molecule has 0 atom stereocenters. The first-order valence-corrected chi connectivity index (χ1v) is 8.70. The Morgan fingerprint density at radius 3 is 2.37 bits per heavy atom. The zero-order chi connectivity index (χ0) is 20.2. The smallest absolute Gasteiger partial charge is 0.407 e. The van der Waals surface area contributed by atoms with Crippen LogP contribution in [0.15, 0.2) is 18.2 Å². The molecular weight excluding hydrogens is 352 g/mol. The van der Waals surface area contributed by atoms with Crippen molar-refractivity contribution in [2.45, 2.75) is 31.8 Å². The number of carbonyl (C=O) groups excluding carboxylic acids is 1. The summed E-state index contributed by atoms with van der Waals surface area (Å²) in [5, 5.41) is 12.7. The molecule has 0 aromatic heterocycles. The highest BCUT2D eigenvalue weighted by molar-refractivity contribution is 6.00. The highest BCUT2D eigenvalue weighted by Gasteiger charge is 2.43. The van der Waals surface area contributed by atoms with Crippen molar-refractivity contribution < 1.29 is 28.9 Å². The molecule has 8 nitrogen and oxygen atoms in total. The van der Waals surface area contributed by atoms with Gasteiger partial charge in [-0.1, -0.05) is 0 Å². The molecule has 1 aromatic rings. The van der Waals surface area contributed by atoms with E-state index in [1.165, 1.54) is 19.1 Å². The van der Waals surface area contributed by atoms with Gasteiger partial charge in [0.1, 0.15) is 11.5 Å². The number of carbonyl (C=O) groups is 2. The summed E-state index contributed by atoms with van der Waals surface area (Å²) in [6.45, 7) is 6.45. The molecule has 0 unspecified atom stereocenters. The van der Waals surface area contributed by atoms with Crippen LogP contribution in [0.4, 0.5) is 4.79 Å². The Labute approximate surface area is 159 Å². The lowest BCUT2D eigenvalue weighted by atomic mass is 9.93. The van der Waals surface area contributed by atoms with Crippen molar-refractivity contribution in [1.29, 1.82) is 0 Å². The van der Waals surface area contributed by atoms with Gasteiger partial charge in [0, 0.05) is 12.1 Å². The Morgan fingerprint density at radius 1 is 1.26 bits per heavy atom. The number of ketones is 1. The Balaban J connectivity index is 2.11. The second kappa shape index (κ2) is 8.14. The molecule has 0 saturated carbocycles. The van der Waals surface area contributed by atoms with Gasteiger partial charge in [-0.15, -0.1) is 0 Å². The van der Waals surface area contributed by atoms with Gasteiger partial charge < -0.3 is 24.2 Å². The predicted octanol–water partition coefficient (Wildman–Crippen LogP) is 2.02. The average Bonchev–Trinajstić information content (AvgIpc) is 2.58. The number of ether oxygens (including phenoxy) is 3. The normalized spacial score (nSPS) is 15.6. The van der Waals surface area contributed by atoms with Crippen LogP contribution in [0.5, 0.6) is 11.5 Å². The first-order valence-electron chi connectivity index (χ1n) is 8.70. The van der Waals surface area contributed by atoms with Gasteiger partial charge in [0.05, 0.1) is 45.1 Å². The number of methoxy groups -OCH3 is 2. The fraction of sp³-hybridized carbons (Fsp3) is 0.579. The summed E-state index contributed by atoms with van der Waals surface area (Å²) in [5.74, 6) is 0.851. The molecule has 0 bridgehead atoms. The number of benzene rings is 1. The van der Waals surface area contributed by atoms with Crippen LogP contribution in [0.2, 0.25) is 0 Å². The van der Waals surface area contributed by atoms with E-state index >= 15 is 0 Å². The van der Waals surface area contributed by atoms with Gasteiger partial charge >= 0.3 is 6.09 Å². The summed E-state index contributed by atoms with van der Waals surface area (Å²) in [4.78, 5) is 25.7. The number of Topliss-reactive ketones (excluding diaryl/α,β-unsaturated/α-hetero) is 1. The van der Waals surface area contributed by atoms with E-state index in [2.05, 4.69) is 5.32 Å². The average molecular weight is 380 g/mol. The lowest BCUT2D eigenvalue weighted by Crippen LogP contribution is -2.68. The van der Waals surface area contributed by atoms with E-state index in [1.54, 1.807) is 18.2 Å². The van der Waals surface area contributed by atoms with Crippen LogP contribution < -0.4 is 14.8 Å². The molecule has 8 heteroatoms. The third kappa shape index (κ3) is 4.90. The first-order chi connectivity index (χ1) is 12.6. The predicted molar refractivity (Wildman–Crippen MR) is 99.9 cm³/mol. The van der Waals surface area contributed by atoms with Gasteiger partial charge in [-0.05, 0) is 39.0 Å². The summed E-state index contributed by atoms with van der Waals surface area (Å²) in [6.07, 6.45) is -1.00. The van der Waals surface area contributed by atoms with Crippen LogP contribution in [0.25, 0.3) is 0 Å². The summed E-state index contributed by atoms with van der Waals surface area (Å²) < 4.78 is 15.8. The minimum Gasteiger partial charge on any atom is -0.497 e.